The molecule has 2 aromatic carbocycles. The number of fused-ring (bicyclic) bond motifs is 3. The number of ether oxygens (including phenoxy) is 1. The highest BCUT2D eigenvalue weighted by molar-refractivity contribution is 7.19. The number of rotatable bonds is 1. The first-order valence-corrected chi connectivity index (χ1v) is 8.48. The van der Waals surface area contributed by atoms with Crippen molar-refractivity contribution in [3.8, 4) is 11.8 Å². The summed E-state index contributed by atoms with van der Waals surface area (Å²) in [6.45, 7) is 0. The SMILES string of the molecule is N#CC1=C(N)Oc2c(sc3ccccc23)C1c1ccc(C(F)(F)F)cc1. The molecule has 130 valence electrons. The van der Waals surface area contributed by atoms with Crippen molar-refractivity contribution in [2.45, 2.75) is 12.1 Å². The summed E-state index contributed by atoms with van der Waals surface area (Å²) in [5.74, 6) is -0.0103. The number of nitrogens with zero attached hydrogens (tertiary/aromatic N) is 1. The van der Waals surface area contributed by atoms with Crippen LogP contribution in [0.1, 0.15) is 21.9 Å². The third-order valence-electron chi connectivity index (χ3n) is 4.30. The Labute approximate surface area is 150 Å². The molecule has 7 heteroatoms. The number of allylic oxidation sites excluding steroid dienone is 1. The molecule has 0 saturated heterocycles. The van der Waals surface area contributed by atoms with Gasteiger partial charge in [-0.15, -0.1) is 11.3 Å². The highest BCUT2D eigenvalue weighted by Gasteiger charge is 2.35. The molecule has 0 bridgehead atoms. The van der Waals surface area contributed by atoms with E-state index in [1.54, 1.807) is 0 Å². The van der Waals surface area contributed by atoms with Gasteiger partial charge in [-0.25, -0.2) is 0 Å². The fourth-order valence-electron chi connectivity index (χ4n) is 3.08. The van der Waals surface area contributed by atoms with Gasteiger partial charge in [0.2, 0.25) is 5.88 Å². The zero-order valence-corrected chi connectivity index (χ0v) is 14.0. The van der Waals surface area contributed by atoms with Crippen molar-refractivity contribution in [3.05, 3.63) is 76.0 Å². The topological polar surface area (TPSA) is 59.0 Å². The van der Waals surface area contributed by atoms with Crippen LogP contribution in [0.25, 0.3) is 10.1 Å². The van der Waals surface area contributed by atoms with E-state index in [0.717, 1.165) is 27.1 Å². The number of hydrogen-bond acceptors (Lipinski definition) is 4. The van der Waals surface area contributed by atoms with Crippen molar-refractivity contribution in [3.63, 3.8) is 0 Å². The molecular weight excluding hydrogens is 361 g/mol. The Bertz CT molecular complexity index is 1070. The highest BCUT2D eigenvalue weighted by atomic mass is 32.1. The van der Waals surface area contributed by atoms with E-state index in [9.17, 15) is 18.4 Å². The fraction of sp³-hybridized carbons (Fsp3) is 0.105. The predicted octanol–water partition coefficient (Wildman–Crippen LogP) is 5.14. The molecule has 0 spiro atoms. The Balaban J connectivity index is 1.90. The molecule has 1 unspecified atom stereocenters. The Morgan fingerprint density at radius 3 is 2.42 bits per heavy atom. The summed E-state index contributed by atoms with van der Waals surface area (Å²) < 4.78 is 45.2. The van der Waals surface area contributed by atoms with Gasteiger partial charge in [-0.2, -0.15) is 18.4 Å². The molecule has 4 rings (SSSR count). The van der Waals surface area contributed by atoms with Gasteiger partial charge < -0.3 is 10.5 Å². The average Bonchev–Trinajstić information content (AvgIpc) is 2.98. The number of nitrogens with two attached hydrogens (primary N) is 1. The molecule has 2 N–H and O–H groups in total. The molecule has 1 atom stereocenters. The molecule has 0 amide bonds. The lowest BCUT2D eigenvalue weighted by atomic mass is 9.88. The van der Waals surface area contributed by atoms with E-state index in [2.05, 4.69) is 0 Å². The van der Waals surface area contributed by atoms with E-state index in [-0.39, 0.29) is 11.5 Å². The fourth-order valence-corrected chi connectivity index (χ4v) is 4.35. The lowest BCUT2D eigenvalue weighted by Gasteiger charge is -2.24. The maximum Gasteiger partial charge on any atom is 0.416 e. The number of thiophene rings is 1. The van der Waals surface area contributed by atoms with E-state index in [1.165, 1.54) is 23.5 Å². The summed E-state index contributed by atoms with van der Waals surface area (Å²) in [5, 5.41) is 10.4. The molecule has 2 heterocycles. The Morgan fingerprint density at radius 1 is 1.08 bits per heavy atom. The van der Waals surface area contributed by atoms with E-state index < -0.39 is 17.7 Å². The summed E-state index contributed by atoms with van der Waals surface area (Å²) in [6, 6.07) is 14.4. The number of alkyl halides is 3. The van der Waals surface area contributed by atoms with Crippen LogP contribution in [0.15, 0.2) is 60.0 Å². The summed E-state index contributed by atoms with van der Waals surface area (Å²) in [7, 11) is 0. The van der Waals surface area contributed by atoms with Crippen LogP contribution in [0.4, 0.5) is 13.2 Å². The lowest BCUT2D eigenvalue weighted by Crippen LogP contribution is -2.19. The minimum Gasteiger partial charge on any atom is -0.439 e. The van der Waals surface area contributed by atoms with Crippen LogP contribution in [0.5, 0.6) is 5.75 Å². The molecule has 0 fully saturated rings. The van der Waals surface area contributed by atoms with E-state index in [0.29, 0.717) is 11.3 Å². The van der Waals surface area contributed by atoms with Crippen LogP contribution in [0, 0.1) is 11.3 Å². The van der Waals surface area contributed by atoms with E-state index >= 15 is 0 Å². The molecule has 1 aliphatic heterocycles. The zero-order chi connectivity index (χ0) is 18.5. The predicted molar refractivity (Wildman–Crippen MR) is 92.6 cm³/mol. The van der Waals surface area contributed by atoms with Crippen LogP contribution in [0.2, 0.25) is 0 Å². The summed E-state index contributed by atoms with van der Waals surface area (Å²) >= 11 is 1.45. The number of nitriles is 1. The summed E-state index contributed by atoms with van der Waals surface area (Å²) in [6.07, 6.45) is -4.41. The molecule has 1 aromatic heterocycles. The third kappa shape index (κ3) is 2.50. The largest absolute Gasteiger partial charge is 0.439 e. The van der Waals surface area contributed by atoms with Gasteiger partial charge in [0.05, 0.1) is 16.4 Å². The van der Waals surface area contributed by atoms with Crippen molar-refractivity contribution < 1.29 is 17.9 Å². The number of halogens is 3. The first kappa shape index (κ1) is 16.5. The second-order valence-electron chi connectivity index (χ2n) is 5.84. The standard InChI is InChI=1S/C19H11F3N2OS/c20-19(21,22)11-7-5-10(6-8-11)15-13(9-23)18(24)25-16-12-3-1-2-4-14(12)26-17(15)16/h1-8,15H,24H2. The van der Waals surface area contributed by atoms with Gasteiger partial charge in [-0.1, -0.05) is 24.3 Å². The van der Waals surface area contributed by atoms with Crippen LogP contribution < -0.4 is 10.5 Å². The Hall–Kier alpha value is -2.98. The van der Waals surface area contributed by atoms with E-state index in [1.807, 2.05) is 30.3 Å². The number of benzene rings is 2. The van der Waals surface area contributed by atoms with Crippen molar-refractivity contribution in [1.29, 1.82) is 5.26 Å². The quantitative estimate of drug-likeness (QED) is 0.644. The molecule has 0 saturated carbocycles. The van der Waals surface area contributed by atoms with Gasteiger partial charge in [0.1, 0.15) is 11.6 Å². The Kier molecular flexibility index (Phi) is 3.67. The van der Waals surface area contributed by atoms with Gasteiger partial charge >= 0.3 is 6.18 Å². The monoisotopic (exact) mass is 372 g/mol. The van der Waals surface area contributed by atoms with Gasteiger partial charge in [0.25, 0.3) is 0 Å². The second-order valence-corrected chi connectivity index (χ2v) is 6.92. The van der Waals surface area contributed by atoms with Crippen LogP contribution in [0.3, 0.4) is 0 Å². The molecule has 0 radical (unpaired) electrons. The highest BCUT2D eigenvalue weighted by Crippen LogP contribution is 2.50. The van der Waals surface area contributed by atoms with Crippen LogP contribution in [-0.4, -0.2) is 0 Å². The summed E-state index contributed by atoms with van der Waals surface area (Å²) in [5.41, 5.74) is 5.97. The second kappa shape index (κ2) is 5.78. The molecular formula is C19H11F3N2OS. The van der Waals surface area contributed by atoms with Gasteiger partial charge in [-0.3, -0.25) is 0 Å². The first-order chi connectivity index (χ1) is 12.4. The third-order valence-corrected chi connectivity index (χ3v) is 5.51. The maximum absolute atomic E-state index is 12.8. The zero-order valence-electron chi connectivity index (χ0n) is 13.2. The molecule has 3 nitrogen and oxygen atoms in total. The van der Waals surface area contributed by atoms with Crippen LogP contribution in [-0.2, 0) is 6.18 Å². The van der Waals surface area contributed by atoms with Crippen molar-refractivity contribution in [2.24, 2.45) is 5.73 Å². The van der Waals surface area contributed by atoms with Crippen LogP contribution >= 0.6 is 11.3 Å². The summed E-state index contributed by atoms with van der Waals surface area (Å²) in [4.78, 5) is 0.761. The molecule has 3 aromatic rings. The normalized spacial score (nSPS) is 16.9. The molecule has 0 aliphatic carbocycles. The van der Waals surface area contributed by atoms with Crippen molar-refractivity contribution in [2.75, 3.05) is 0 Å². The maximum atomic E-state index is 12.8. The smallest absolute Gasteiger partial charge is 0.416 e. The average molecular weight is 372 g/mol. The van der Waals surface area contributed by atoms with E-state index in [4.69, 9.17) is 10.5 Å². The van der Waals surface area contributed by atoms with Gasteiger partial charge in [0, 0.05) is 10.1 Å². The Morgan fingerprint density at radius 2 is 1.77 bits per heavy atom. The van der Waals surface area contributed by atoms with Gasteiger partial charge in [0.15, 0.2) is 5.75 Å². The van der Waals surface area contributed by atoms with Crippen molar-refractivity contribution in [1.82, 2.24) is 0 Å². The van der Waals surface area contributed by atoms with Crippen molar-refractivity contribution >= 4 is 21.4 Å². The number of hydrogen-bond donors (Lipinski definition) is 1. The molecule has 1 aliphatic rings. The first-order valence-electron chi connectivity index (χ1n) is 7.66. The molecule has 26 heavy (non-hydrogen) atoms. The minimum absolute atomic E-state index is 0.0200. The van der Waals surface area contributed by atoms with Gasteiger partial charge in [-0.05, 0) is 29.8 Å². The minimum atomic E-state index is -4.41. The lowest BCUT2D eigenvalue weighted by molar-refractivity contribution is -0.137.